The van der Waals surface area contributed by atoms with Crippen LogP contribution in [0.2, 0.25) is 5.02 Å². The zero-order valence-corrected chi connectivity index (χ0v) is 13.0. The molecular formula is C13H14BrClN4. The molecule has 1 aromatic heterocycles. The van der Waals surface area contributed by atoms with E-state index in [0.717, 1.165) is 15.7 Å². The van der Waals surface area contributed by atoms with Crippen LogP contribution in [-0.2, 0) is 0 Å². The van der Waals surface area contributed by atoms with Crippen LogP contribution in [0.5, 0.6) is 0 Å². The smallest absolute Gasteiger partial charge is 0.161 e. The van der Waals surface area contributed by atoms with Crippen LogP contribution >= 0.6 is 27.5 Å². The SMILES string of the molecule is CC(C)c1cc(NN)nc(-c2ccc(Cl)c(Br)c2)n1. The van der Waals surface area contributed by atoms with Gasteiger partial charge in [-0.1, -0.05) is 25.4 Å². The van der Waals surface area contributed by atoms with Crippen molar-refractivity contribution in [1.29, 1.82) is 0 Å². The van der Waals surface area contributed by atoms with Crippen molar-refractivity contribution in [3.05, 3.63) is 39.5 Å². The van der Waals surface area contributed by atoms with Crippen LogP contribution < -0.4 is 11.3 Å². The van der Waals surface area contributed by atoms with Gasteiger partial charge in [0, 0.05) is 21.8 Å². The highest BCUT2D eigenvalue weighted by atomic mass is 79.9. The lowest BCUT2D eigenvalue weighted by molar-refractivity contribution is 0.817. The van der Waals surface area contributed by atoms with Crippen molar-refractivity contribution in [3.8, 4) is 11.4 Å². The summed E-state index contributed by atoms with van der Waals surface area (Å²) in [5.41, 5.74) is 4.39. The van der Waals surface area contributed by atoms with Crippen molar-refractivity contribution in [3.63, 3.8) is 0 Å². The molecule has 0 aliphatic rings. The Labute approximate surface area is 125 Å². The van der Waals surface area contributed by atoms with Crippen molar-refractivity contribution in [2.45, 2.75) is 19.8 Å². The van der Waals surface area contributed by atoms with E-state index in [4.69, 9.17) is 17.4 Å². The Morgan fingerprint density at radius 1 is 1.26 bits per heavy atom. The Balaban J connectivity index is 2.54. The first-order chi connectivity index (χ1) is 9.01. The summed E-state index contributed by atoms with van der Waals surface area (Å²) in [6, 6.07) is 7.43. The van der Waals surface area contributed by atoms with E-state index in [2.05, 4.69) is 45.2 Å². The van der Waals surface area contributed by atoms with E-state index in [1.807, 2.05) is 24.3 Å². The molecule has 0 aliphatic carbocycles. The predicted octanol–water partition coefficient (Wildman–Crippen LogP) is 3.97. The largest absolute Gasteiger partial charge is 0.308 e. The van der Waals surface area contributed by atoms with Crippen LogP contribution in [0.15, 0.2) is 28.7 Å². The van der Waals surface area contributed by atoms with Gasteiger partial charge < -0.3 is 5.43 Å². The summed E-state index contributed by atoms with van der Waals surface area (Å²) >= 11 is 9.39. The van der Waals surface area contributed by atoms with E-state index in [9.17, 15) is 0 Å². The van der Waals surface area contributed by atoms with Crippen molar-refractivity contribution >= 4 is 33.3 Å². The Morgan fingerprint density at radius 2 is 2.00 bits per heavy atom. The van der Waals surface area contributed by atoms with Crippen molar-refractivity contribution < 1.29 is 0 Å². The third-order valence-electron chi connectivity index (χ3n) is 2.66. The molecule has 2 rings (SSSR count). The van der Waals surface area contributed by atoms with E-state index in [0.29, 0.717) is 22.6 Å². The van der Waals surface area contributed by atoms with Gasteiger partial charge in [0.25, 0.3) is 0 Å². The first-order valence-electron chi connectivity index (χ1n) is 5.82. The highest BCUT2D eigenvalue weighted by Crippen LogP contribution is 2.28. The predicted molar refractivity (Wildman–Crippen MR) is 82.1 cm³/mol. The molecule has 1 heterocycles. The first-order valence-corrected chi connectivity index (χ1v) is 6.99. The number of hydrogen-bond donors (Lipinski definition) is 2. The summed E-state index contributed by atoms with van der Waals surface area (Å²) in [6.07, 6.45) is 0. The minimum atomic E-state index is 0.296. The highest BCUT2D eigenvalue weighted by molar-refractivity contribution is 9.10. The van der Waals surface area contributed by atoms with E-state index in [-0.39, 0.29) is 0 Å². The maximum atomic E-state index is 5.99. The molecule has 19 heavy (non-hydrogen) atoms. The lowest BCUT2D eigenvalue weighted by atomic mass is 10.1. The van der Waals surface area contributed by atoms with Crippen LogP contribution in [0.1, 0.15) is 25.5 Å². The van der Waals surface area contributed by atoms with Crippen LogP contribution in [0.3, 0.4) is 0 Å². The molecule has 0 unspecified atom stereocenters. The summed E-state index contributed by atoms with van der Waals surface area (Å²) in [5.74, 6) is 6.96. The van der Waals surface area contributed by atoms with Gasteiger partial charge in [0.05, 0.1) is 5.02 Å². The third kappa shape index (κ3) is 3.23. The van der Waals surface area contributed by atoms with Gasteiger partial charge in [-0.05, 0) is 40.0 Å². The van der Waals surface area contributed by atoms with Gasteiger partial charge >= 0.3 is 0 Å². The molecule has 0 saturated heterocycles. The number of halogens is 2. The number of nitrogens with zero attached hydrogens (tertiary/aromatic N) is 2. The Kier molecular flexibility index (Phi) is 4.39. The zero-order valence-electron chi connectivity index (χ0n) is 10.6. The molecule has 0 fully saturated rings. The van der Waals surface area contributed by atoms with Crippen molar-refractivity contribution in [2.24, 2.45) is 5.84 Å². The number of nitrogen functional groups attached to an aromatic ring is 1. The molecule has 100 valence electrons. The first kappa shape index (κ1) is 14.2. The lowest BCUT2D eigenvalue weighted by Gasteiger charge is -2.10. The number of hydrogen-bond acceptors (Lipinski definition) is 4. The number of hydrazine groups is 1. The fourth-order valence-corrected chi connectivity index (χ4v) is 2.10. The fourth-order valence-electron chi connectivity index (χ4n) is 1.60. The number of nitrogens with two attached hydrogens (primary N) is 1. The molecular weight excluding hydrogens is 328 g/mol. The number of aromatic nitrogens is 2. The Hall–Kier alpha value is -1.17. The van der Waals surface area contributed by atoms with Crippen LogP contribution in [0, 0.1) is 0 Å². The van der Waals surface area contributed by atoms with Gasteiger partial charge in [0.15, 0.2) is 5.82 Å². The number of anilines is 1. The van der Waals surface area contributed by atoms with Crippen LogP contribution in [0.25, 0.3) is 11.4 Å². The second-order valence-corrected chi connectivity index (χ2v) is 5.69. The standard InChI is InChI=1S/C13H14BrClN4/c1-7(2)11-6-12(19-16)18-13(17-11)8-3-4-10(15)9(14)5-8/h3-7H,16H2,1-2H3,(H,17,18,19). The maximum absolute atomic E-state index is 5.99. The topological polar surface area (TPSA) is 63.8 Å². The van der Waals surface area contributed by atoms with Crippen LogP contribution in [-0.4, -0.2) is 9.97 Å². The minimum absolute atomic E-state index is 0.296. The number of rotatable bonds is 3. The fraction of sp³-hybridized carbons (Fsp3) is 0.231. The molecule has 1 aromatic carbocycles. The average Bonchev–Trinajstić information content (AvgIpc) is 2.41. The van der Waals surface area contributed by atoms with Gasteiger partial charge in [0.2, 0.25) is 0 Å². The molecule has 0 radical (unpaired) electrons. The molecule has 2 aromatic rings. The molecule has 0 saturated carbocycles. The van der Waals surface area contributed by atoms with Gasteiger partial charge in [0.1, 0.15) is 5.82 Å². The van der Waals surface area contributed by atoms with Gasteiger partial charge in [-0.25, -0.2) is 15.8 Å². The summed E-state index contributed by atoms with van der Waals surface area (Å²) in [4.78, 5) is 8.92. The van der Waals surface area contributed by atoms with E-state index in [1.54, 1.807) is 0 Å². The second-order valence-electron chi connectivity index (χ2n) is 4.43. The zero-order chi connectivity index (χ0) is 14.0. The summed E-state index contributed by atoms with van der Waals surface area (Å²) in [6.45, 7) is 4.15. The number of nitrogens with one attached hydrogen (secondary N) is 1. The second kappa shape index (κ2) is 5.86. The van der Waals surface area contributed by atoms with Gasteiger partial charge in [-0.15, -0.1) is 0 Å². The molecule has 0 amide bonds. The lowest BCUT2D eigenvalue weighted by Crippen LogP contribution is -2.11. The number of benzene rings is 1. The Bertz CT molecular complexity index is 601. The van der Waals surface area contributed by atoms with Gasteiger partial charge in [-0.2, -0.15) is 0 Å². The van der Waals surface area contributed by atoms with Crippen molar-refractivity contribution in [2.75, 3.05) is 5.43 Å². The molecule has 4 nitrogen and oxygen atoms in total. The quantitative estimate of drug-likeness (QED) is 0.655. The normalized spacial score (nSPS) is 10.8. The van der Waals surface area contributed by atoms with E-state index < -0.39 is 0 Å². The van der Waals surface area contributed by atoms with Crippen LogP contribution in [0.4, 0.5) is 5.82 Å². The molecule has 0 atom stereocenters. The molecule has 0 bridgehead atoms. The van der Waals surface area contributed by atoms with Gasteiger partial charge in [-0.3, -0.25) is 0 Å². The molecule has 6 heteroatoms. The summed E-state index contributed by atoms with van der Waals surface area (Å²) in [7, 11) is 0. The highest BCUT2D eigenvalue weighted by Gasteiger charge is 2.10. The average molecular weight is 342 g/mol. The molecule has 3 N–H and O–H groups in total. The third-order valence-corrected chi connectivity index (χ3v) is 3.88. The maximum Gasteiger partial charge on any atom is 0.161 e. The molecule has 0 spiro atoms. The van der Waals surface area contributed by atoms with E-state index >= 15 is 0 Å². The summed E-state index contributed by atoms with van der Waals surface area (Å²) in [5, 5.41) is 0.654. The molecule has 0 aliphatic heterocycles. The van der Waals surface area contributed by atoms with Crippen molar-refractivity contribution in [1.82, 2.24) is 9.97 Å². The van der Waals surface area contributed by atoms with E-state index in [1.165, 1.54) is 0 Å². The Morgan fingerprint density at radius 3 is 2.58 bits per heavy atom. The minimum Gasteiger partial charge on any atom is -0.308 e. The monoisotopic (exact) mass is 340 g/mol. The summed E-state index contributed by atoms with van der Waals surface area (Å²) < 4.78 is 0.812.